The molecule has 1 N–H and O–H groups in total. The zero-order valence-corrected chi connectivity index (χ0v) is 13.0. The van der Waals surface area contributed by atoms with E-state index in [1.54, 1.807) is 18.3 Å². The van der Waals surface area contributed by atoms with Gasteiger partial charge in [-0.2, -0.15) is 0 Å². The van der Waals surface area contributed by atoms with Crippen LogP contribution >= 0.6 is 11.6 Å². The molecule has 2 aromatic carbocycles. The van der Waals surface area contributed by atoms with E-state index in [2.05, 4.69) is 9.89 Å². The summed E-state index contributed by atoms with van der Waals surface area (Å²) in [5, 5.41) is 10.5. The third kappa shape index (κ3) is 4.06. The molecule has 110 valence electrons. The van der Waals surface area contributed by atoms with Crippen LogP contribution in [0.4, 0.5) is 0 Å². The number of para-hydroxylation sites is 1. The second-order valence-corrected chi connectivity index (χ2v) is 5.46. The van der Waals surface area contributed by atoms with Crippen LogP contribution in [0.3, 0.4) is 0 Å². The molecule has 21 heavy (non-hydrogen) atoms. The van der Waals surface area contributed by atoms with E-state index in [4.69, 9.17) is 11.6 Å². The van der Waals surface area contributed by atoms with Crippen molar-refractivity contribution in [2.75, 3.05) is 20.6 Å². The summed E-state index contributed by atoms with van der Waals surface area (Å²) >= 11 is 6.27. The maximum atomic E-state index is 9.72. The lowest BCUT2D eigenvalue weighted by Gasteiger charge is -2.23. The van der Waals surface area contributed by atoms with Crippen LogP contribution in [0, 0.1) is 0 Å². The number of hydrogen-bond donors (Lipinski definition) is 1. The fourth-order valence-electron chi connectivity index (χ4n) is 2.13. The smallest absolute Gasteiger partial charge is 0.124 e. The summed E-state index contributed by atoms with van der Waals surface area (Å²) in [4.78, 5) is 6.54. The maximum Gasteiger partial charge on any atom is 0.124 e. The second-order valence-electron chi connectivity index (χ2n) is 5.05. The Morgan fingerprint density at radius 1 is 1.14 bits per heavy atom. The summed E-state index contributed by atoms with van der Waals surface area (Å²) in [6.07, 6.45) is 1.70. The first kappa shape index (κ1) is 15.5. The summed E-state index contributed by atoms with van der Waals surface area (Å²) < 4.78 is 0. The molecule has 0 heterocycles. The van der Waals surface area contributed by atoms with E-state index in [0.29, 0.717) is 12.1 Å². The van der Waals surface area contributed by atoms with Crippen LogP contribution in [0.2, 0.25) is 5.02 Å². The van der Waals surface area contributed by atoms with Crippen LogP contribution in [0.15, 0.2) is 53.5 Å². The Morgan fingerprint density at radius 3 is 2.48 bits per heavy atom. The molecule has 0 spiro atoms. The quantitative estimate of drug-likeness (QED) is 0.854. The van der Waals surface area contributed by atoms with Crippen LogP contribution in [-0.4, -0.2) is 36.9 Å². The first-order valence-corrected chi connectivity index (χ1v) is 7.16. The van der Waals surface area contributed by atoms with Gasteiger partial charge >= 0.3 is 0 Å². The number of benzene rings is 2. The van der Waals surface area contributed by atoms with Crippen LogP contribution < -0.4 is 0 Å². The first-order chi connectivity index (χ1) is 10.1. The minimum absolute atomic E-state index is 0.0980. The molecule has 0 aliphatic heterocycles. The van der Waals surface area contributed by atoms with Crippen LogP contribution in [0.25, 0.3) is 0 Å². The van der Waals surface area contributed by atoms with Gasteiger partial charge in [0.1, 0.15) is 5.75 Å². The number of halogens is 1. The fourth-order valence-corrected chi connectivity index (χ4v) is 2.39. The molecule has 0 fully saturated rings. The lowest BCUT2D eigenvalue weighted by Crippen LogP contribution is -2.23. The van der Waals surface area contributed by atoms with Crippen LogP contribution in [0.1, 0.15) is 17.2 Å². The van der Waals surface area contributed by atoms with Crippen molar-refractivity contribution in [2.45, 2.75) is 6.04 Å². The topological polar surface area (TPSA) is 35.8 Å². The number of phenols is 1. The standard InChI is InChI=1S/C17H19ClN2O/c1-20(2)16(14-8-4-5-9-15(14)18)12-19-11-13-7-3-6-10-17(13)21/h3-11,16,21H,12H2,1-2H3/t16-/m1/s1. The molecule has 0 aromatic heterocycles. The molecular weight excluding hydrogens is 284 g/mol. The highest BCUT2D eigenvalue weighted by atomic mass is 35.5. The molecule has 2 rings (SSSR count). The highest BCUT2D eigenvalue weighted by molar-refractivity contribution is 6.31. The molecule has 4 heteroatoms. The molecule has 0 bridgehead atoms. The van der Waals surface area contributed by atoms with E-state index in [1.165, 1.54) is 0 Å². The Hall–Kier alpha value is -1.84. The van der Waals surface area contributed by atoms with Crippen molar-refractivity contribution in [1.29, 1.82) is 0 Å². The summed E-state index contributed by atoms with van der Waals surface area (Å²) in [5.74, 6) is 0.236. The highest BCUT2D eigenvalue weighted by Crippen LogP contribution is 2.26. The van der Waals surface area contributed by atoms with E-state index < -0.39 is 0 Å². The van der Waals surface area contributed by atoms with E-state index in [9.17, 15) is 5.11 Å². The largest absolute Gasteiger partial charge is 0.507 e. The van der Waals surface area contributed by atoms with E-state index in [-0.39, 0.29) is 11.8 Å². The van der Waals surface area contributed by atoms with Crippen molar-refractivity contribution in [2.24, 2.45) is 4.99 Å². The second kappa shape index (κ2) is 7.25. The zero-order valence-electron chi connectivity index (χ0n) is 12.2. The summed E-state index contributed by atoms with van der Waals surface area (Å²) in [5.41, 5.74) is 1.77. The molecule has 1 atom stereocenters. The molecule has 0 aliphatic rings. The number of phenolic OH excluding ortho intramolecular Hbond substituents is 1. The van der Waals surface area contributed by atoms with Gasteiger partial charge in [-0.15, -0.1) is 0 Å². The molecular formula is C17H19ClN2O. The summed E-state index contributed by atoms with van der Waals surface area (Å²) in [6.45, 7) is 0.574. The van der Waals surface area contributed by atoms with Gasteiger partial charge in [0, 0.05) is 16.8 Å². The van der Waals surface area contributed by atoms with E-state index in [0.717, 1.165) is 10.6 Å². The van der Waals surface area contributed by atoms with Crippen molar-refractivity contribution in [3.8, 4) is 5.75 Å². The van der Waals surface area contributed by atoms with Crippen molar-refractivity contribution in [1.82, 2.24) is 4.90 Å². The molecule has 0 amide bonds. The third-order valence-electron chi connectivity index (χ3n) is 3.33. The van der Waals surface area contributed by atoms with Crippen LogP contribution in [-0.2, 0) is 0 Å². The van der Waals surface area contributed by atoms with Crippen molar-refractivity contribution < 1.29 is 5.11 Å². The summed E-state index contributed by atoms with van der Waals surface area (Å²) in [7, 11) is 4.01. The predicted octanol–water partition coefficient (Wildman–Crippen LogP) is 3.77. The Labute approximate surface area is 130 Å². The predicted molar refractivity (Wildman–Crippen MR) is 88.4 cm³/mol. The monoisotopic (exact) mass is 302 g/mol. The number of rotatable bonds is 5. The molecule has 2 aromatic rings. The van der Waals surface area contributed by atoms with E-state index >= 15 is 0 Å². The average molecular weight is 303 g/mol. The van der Waals surface area contributed by atoms with Crippen molar-refractivity contribution in [3.05, 3.63) is 64.7 Å². The van der Waals surface area contributed by atoms with Gasteiger partial charge in [-0.1, -0.05) is 41.9 Å². The molecule has 0 radical (unpaired) electrons. The number of aliphatic imine (C=N–C) groups is 1. The Morgan fingerprint density at radius 2 is 1.81 bits per heavy atom. The van der Waals surface area contributed by atoms with Crippen LogP contribution in [0.5, 0.6) is 5.75 Å². The van der Waals surface area contributed by atoms with Gasteiger partial charge < -0.3 is 10.0 Å². The SMILES string of the molecule is CN(C)[C@H](CN=Cc1ccccc1O)c1ccccc1Cl. The molecule has 3 nitrogen and oxygen atoms in total. The number of hydrogen-bond acceptors (Lipinski definition) is 3. The zero-order chi connectivity index (χ0) is 15.2. The van der Waals surface area contributed by atoms with Crippen molar-refractivity contribution in [3.63, 3.8) is 0 Å². The lowest BCUT2D eigenvalue weighted by molar-refractivity contribution is 0.307. The van der Waals surface area contributed by atoms with Gasteiger partial charge in [0.2, 0.25) is 0 Å². The van der Waals surface area contributed by atoms with Gasteiger partial charge in [0.05, 0.1) is 12.6 Å². The van der Waals surface area contributed by atoms with Gasteiger partial charge in [0.15, 0.2) is 0 Å². The molecule has 0 unspecified atom stereocenters. The van der Waals surface area contributed by atoms with Gasteiger partial charge in [0.25, 0.3) is 0 Å². The summed E-state index contributed by atoms with van der Waals surface area (Å²) in [6, 6.07) is 15.0. The van der Waals surface area contributed by atoms with E-state index in [1.807, 2.05) is 50.5 Å². The normalized spacial score (nSPS) is 13.0. The fraction of sp³-hybridized carbons (Fsp3) is 0.235. The minimum atomic E-state index is 0.0980. The number of aromatic hydroxyl groups is 1. The van der Waals surface area contributed by atoms with Gasteiger partial charge in [-0.3, -0.25) is 4.99 Å². The number of nitrogens with zero attached hydrogens (tertiary/aromatic N) is 2. The highest BCUT2D eigenvalue weighted by Gasteiger charge is 2.15. The number of likely N-dealkylation sites (N-methyl/N-ethyl adjacent to an activating group) is 1. The Balaban J connectivity index is 2.15. The average Bonchev–Trinajstić information content (AvgIpc) is 2.46. The molecule has 0 saturated heterocycles. The first-order valence-electron chi connectivity index (χ1n) is 6.78. The lowest BCUT2D eigenvalue weighted by atomic mass is 10.1. The third-order valence-corrected chi connectivity index (χ3v) is 3.68. The minimum Gasteiger partial charge on any atom is -0.507 e. The maximum absolute atomic E-state index is 9.72. The molecule has 0 aliphatic carbocycles. The van der Waals surface area contributed by atoms with Crippen molar-refractivity contribution >= 4 is 17.8 Å². The Bertz CT molecular complexity index is 626. The Kier molecular flexibility index (Phi) is 5.37. The van der Waals surface area contributed by atoms with Gasteiger partial charge in [-0.25, -0.2) is 0 Å². The van der Waals surface area contributed by atoms with Gasteiger partial charge in [-0.05, 0) is 37.9 Å². The molecule has 0 saturated carbocycles.